The minimum Gasteiger partial charge on any atom is -0.481 e. The Bertz CT molecular complexity index is 1130. The number of hydrogen-bond donors (Lipinski definition) is 4. The molecule has 2 aromatic rings. The number of amides is 2. The van der Waals surface area contributed by atoms with Crippen LogP contribution in [0.1, 0.15) is 16.9 Å². The Labute approximate surface area is 198 Å². The number of thioether (sulfide) groups is 2. The number of nitrogens with one attached hydrogen (secondary N) is 1. The van der Waals surface area contributed by atoms with Crippen LogP contribution in [0.2, 0.25) is 0 Å². The number of carbonyl (C=O) groups is 4. The van der Waals surface area contributed by atoms with E-state index in [1.165, 1.54) is 23.1 Å². The van der Waals surface area contributed by atoms with Crippen molar-refractivity contribution in [3.63, 3.8) is 0 Å². The number of aromatic nitrogens is 2. The first-order valence-electron chi connectivity index (χ1n) is 9.35. The molecule has 0 bridgehead atoms. The Morgan fingerprint density at radius 3 is 2.79 bits per heavy atom. The fourth-order valence-corrected chi connectivity index (χ4v) is 6.22. The topological polar surface area (TPSA) is 183 Å². The summed E-state index contributed by atoms with van der Waals surface area (Å²) in [6, 6.07) is 2.34. The maximum atomic E-state index is 12.7. The monoisotopic (exact) mass is 512 g/mol. The molecule has 15 heteroatoms. The van der Waals surface area contributed by atoms with Crippen LogP contribution in [0, 0.1) is 0 Å². The Balaban J connectivity index is 1.43. The number of carboxylic acid groups (broad SMARTS) is 2. The highest BCUT2D eigenvalue weighted by atomic mass is 32.2. The van der Waals surface area contributed by atoms with Crippen LogP contribution in [0.5, 0.6) is 0 Å². The normalized spacial score (nSPS) is 20.8. The van der Waals surface area contributed by atoms with Crippen LogP contribution >= 0.6 is 34.9 Å². The molecule has 4 heterocycles. The minimum atomic E-state index is -1.41. The second-order valence-corrected chi connectivity index (χ2v) is 9.90. The Morgan fingerprint density at radius 2 is 2.12 bits per heavy atom. The van der Waals surface area contributed by atoms with E-state index in [0.717, 1.165) is 16.7 Å². The van der Waals surface area contributed by atoms with Gasteiger partial charge in [-0.1, -0.05) is 17.8 Å². The molecule has 12 nitrogen and oxygen atoms in total. The first kappa shape index (κ1) is 23.3. The van der Waals surface area contributed by atoms with E-state index in [0.29, 0.717) is 10.5 Å². The van der Waals surface area contributed by atoms with Gasteiger partial charge in [0.1, 0.15) is 23.5 Å². The molecule has 0 radical (unpaired) electrons. The molecule has 0 saturated carbocycles. The summed E-state index contributed by atoms with van der Waals surface area (Å²) < 4.78 is 5.21. The zero-order valence-electron chi connectivity index (χ0n) is 16.5. The predicted molar refractivity (Wildman–Crippen MR) is 115 cm³/mol. The maximum absolute atomic E-state index is 12.7. The van der Waals surface area contributed by atoms with E-state index in [9.17, 15) is 29.4 Å². The fraction of sp³-hybridized carbons (Fsp3) is 0.333. The molecular formula is C18H16N4O8S3. The molecule has 3 atom stereocenters. The average molecular weight is 513 g/mol. The molecule has 0 spiro atoms. The van der Waals surface area contributed by atoms with Gasteiger partial charge in [-0.2, -0.15) is 0 Å². The lowest BCUT2D eigenvalue weighted by Crippen LogP contribution is -2.70. The maximum Gasteiger partial charge on any atom is 0.352 e. The van der Waals surface area contributed by atoms with Crippen LogP contribution in [0.3, 0.4) is 0 Å². The zero-order valence-corrected chi connectivity index (χ0v) is 19.0. The van der Waals surface area contributed by atoms with Crippen LogP contribution in [-0.4, -0.2) is 77.1 Å². The number of fused-ring (bicyclic) bond motifs is 1. The molecule has 0 aromatic carbocycles. The number of carbonyl (C=O) groups excluding carboxylic acids is 2. The number of rotatable bonds is 9. The Hall–Kier alpha value is -2.88. The van der Waals surface area contributed by atoms with E-state index in [-0.39, 0.29) is 28.3 Å². The van der Waals surface area contributed by atoms with Gasteiger partial charge in [-0.25, -0.2) is 4.79 Å². The van der Waals surface area contributed by atoms with Crippen LogP contribution < -0.4 is 5.32 Å². The summed E-state index contributed by atoms with van der Waals surface area (Å²) in [6.07, 6.45) is -1.84. The van der Waals surface area contributed by atoms with Crippen LogP contribution in [0.25, 0.3) is 0 Å². The molecule has 1 saturated heterocycles. The second-order valence-electron chi connectivity index (χ2n) is 6.89. The first-order chi connectivity index (χ1) is 15.8. The third-order valence-corrected chi connectivity index (χ3v) is 7.90. The molecule has 2 aromatic heterocycles. The number of nitrogens with zero attached hydrogens (tertiary/aromatic N) is 3. The molecule has 2 unspecified atom stereocenters. The summed E-state index contributed by atoms with van der Waals surface area (Å²) >= 11 is 3.52. The van der Waals surface area contributed by atoms with Gasteiger partial charge in [-0.05, 0) is 17.0 Å². The van der Waals surface area contributed by atoms with E-state index in [1.54, 1.807) is 17.5 Å². The van der Waals surface area contributed by atoms with Gasteiger partial charge < -0.3 is 25.1 Å². The van der Waals surface area contributed by atoms with Crippen LogP contribution in [0.4, 0.5) is 0 Å². The van der Waals surface area contributed by atoms with Crippen LogP contribution in [-0.2, 0) is 25.6 Å². The molecule has 2 aliphatic heterocycles. The summed E-state index contributed by atoms with van der Waals surface area (Å²) in [6.45, 7) is 0. The summed E-state index contributed by atoms with van der Waals surface area (Å²) in [5, 5.41) is 39.7. The Kier molecular flexibility index (Phi) is 6.73. The lowest BCUT2D eigenvalue weighted by molar-refractivity contribution is -0.151. The van der Waals surface area contributed by atoms with Crippen LogP contribution in [0.15, 0.2) is 38.4 Å². The van der Waals surface area contributed by atoms with Crippen molar-refractivity contribution in [2.75, 3.05) is 11.5 Å². The lowest BCUT2D eigenvalue weighted by atomic mass is 10.0. The number of hydrogen-bond acceptors (Lipinski definition) is 11. The summed E-state index contributed by atoms with van der Waals surface area (Å²) in [5.41, 5.74) is 0.273. The standard InChI is InChI=1S/C18H16N4O8S3/c23-10(24)4-9-20-21-18(30-9)33-6-7-5-32-16-11(15(27)22(16)12(7)17(28)29)19-14(26)13(25)8-2-1-3-31-8/h1-3,11,13,16,25H,4-6H2,(H,19,26)(H,23,24)(H,28,29)/t11?,13?,16-/m1/s1. The van der Waals surface area contributed by atoms with Crippen molar-refractivity contribution in [2.24, 2.45) is 0 Å². The first-order valence-corrected chi connectivity index (χ1v) is 12.3. The summed E-state index contributed by atoms with van der Waals surface area (Å²) in [7, 11) is 0. The third-order valence-electron chi connectivity index (χ3n) is 4.73. The van der Waals surface area contributed by atoms with Crippen molar-refractivity contribution in [1.29, 1.82) is 0 Å². The molecule has 2 amide bonds. The molecular weight excluding hydrogens is 496 g/mol. The minimum absolute atomic E-state index is 0.0724. The highest BCUT2D eigenvalue weighted by Gasteiger charge is 2.54. The Morgan fingerprint density at radius 1 is 1.33 bits per heavy atom. The smallest absolute Gasteiger partial charge is 0.352 e. The molecule has 1 fully saturated rings. The van der Waals surface area contributed by atoms with E-state index < -0.39 is 47.7 Å². The van der Waals surface area contributed by atoms with Crippen molar-refractivity contribution >= 4 is 58.6 Å². The van der Waals surface area contributed by atoms with E-state index >= 15 is 0 Å². The summed E-state index contributed by atoms with van der Waals surface area (Å²) in [5.74, 6) is -3.39. The van der Waals surface area contributed by atoms with Crippen molar-refractivity contribution in [1.82, 2.24) is 20.4 Å². The van der Waals surface area contributed by atoms with E-state index in [1.807, 2.05) is 0 Å². The van der Waals surface area contributed by atoms with Gasteiger partial charge in [0.05, 0.1) is 0 Å². The second kappa shape index (κ2) is 9.54. The molecule has 33 heavy (non-hydrogen) atoms. The van der Waals surface area contributed by atoms with Gasteiger partial charge in [0.15, 0.2) is 6.10 Å². The van der Waals surface area contributed by atoms with Crippen molar-refractivity contribution < 1.29 is 38.9 Å². The van der Waals surface area contributed by atoms with Gasteiger partial charge in [-0.15, -0.1) is 33.3 Å². The van der Waals surface area contributed by atoms with Gasteiger partial charge >= 0.3 is 11.9 Å². The SMILES string of the molecule is O=C(O)Cc1nnc(SCC2=C(C(=O)O)N3C(=O)C(NC(=O)C(O)c4cccs4)[C@H]3SC2)o1. The number of aliphatic hydroxyl groups excluding tert-OH is 1. The molecule has 0 aliphatic carbocycles. The van der Waals surface area contributed by atoms with Gasteiger partial charge in [0, 0.05) is 16.4 Å². The van der Waals surface area contributed by atoms with Gasteiger partial charge in [-0.3, -0.25) is 19.3 Å². The number of thiophene rings is 1. The number of aliphatic carboxylic acids is 2. The predicted octanol–water partition coefficient (Wildman–Crippen LogP) is 0.323. The highest BCUT2D eigenvalue weighted by Crippen LogP contribution is 2.41. The van der Waals surface area contributed by atoms with Gasteiger partial charge in [0.2, 0.25) is 5.89 Å². The molecule has 4 N–H and O–H groups in total. The fourth-order valence-electron chi connectivity index (χ4n) is 3.25. The molecule has 4 rings (SSSR count). The molecule has 2 aliphatic rings. The van der Waals surface area contributed by atoms with Crippen molar-refractivity contribution in [2.45, 2.75) is 29.2 Å². The average Bonchev–Trinajstić information content (AvgIpc) is 3.46. The van der Waals surface area contributed by atoms with Gasteiger partial charge in [0.25, 0.3) is 17.0 Å². The van der Waals surface area contributed by atoms with E-state index in [2.05, 4.69) is 15.5 Å². The van der Waals surface area contributed by atoms with Crippen molar-refractivity contribution in [3.05, 3.63) is 39.6 Å². The summed E-state index contributed by atoms with van der Waals surface area (Å²) in [4.78, 5) is 49.2. The molecule has 174 valence electrons. The quantitative estimate of drug-likeness (QED) is 0.267. The largest absolute Gasteiger partial charge is 0.481 e. The number of β-lactam (4-membered cyclic amide) rings is 1. The highest BCUT2D eigenvalue weighted by molar-refractivity contribution is 8.01. The third kappa shape index (κ3) is 4.75. The van der Waals surface area contributed by atoms with E-state index in [4.69, 9.17) is 9.52 Å². The lowest BCUT2D eigenvalue weighted by Gasteiger charge is -2.49. The van der Waals surface area contributed by atoms with Crippen molar-refractivity contribution in [3.8, 4) is 0 Å². The number of aliphatic hydroxyl groups is 1. The number of carboxylic acids is 2. The zero-order chi connectivity index (χ0) is 23.7.